The summed E-state index contributed by atoms with van der Waals surface area (Å²) < 4.78 is 37.8. The first-order valence-corrected chi connectivity index (χ1v) is 8.53. The van der Waals surface area contributed by atoms with Crippen molar-refractivity contribution in [2.24, 2.45) is 5.73 Å². The summed E-state index contributed by atoms with van der Waals surface area (Å²) >= 11 is 0. The van der Waals surface area contributed by atoms with E-state index in [1.54, 1.807) is 0 Å². The van der Waals surface area contributed by atoms with Gasteiger partial charge >= 0.3 is 6.18 Å². The average Bonchev–Trinajstić information content (AvgIpc) is 2.64. The molecule has 0 aliphatic carbocycles. The van der Waals surface area contributed by atoms with Crippen molar-refractivity contribution in [3.05, 3.63) is 83.4 Å². The number of halogens is 3. The number of rotatable bonds is 6. The van der Waals surface area contributed by atoms with Crippen LogP contribution < -0.4 is 11.1 Å². The molecule has 0 aliphatic rings. The van der Waals surface area contributed by atoms with Crippen LogP contribution in [0.2, 0.25) is 0 Å². The molecule has 0 aliphatic heterocycles. The van der Waals surface area contributed by atoms with E-state index in [0.717, 1.165) is 24.1 Å². The summed E-state index contributed by atoms with van der Waals surface area (Å²) in [6, 6.07) is 19.8. The van der Waals surface area contributed by atoms with E-state index in [1.807, 2.05) is 12.1 Å². The van der Waals surface area contributed by atoms with Gasteiger partial charge in [-0.2, -0.15) is 13.2 Å². The Balaban J connectivity index is 1.62. The molecule has 0 amide bonds. The van der Waals surface area contributed by atoms with E-state index in [9.17, 15) is 13.2 Å². The van der Waals surface area contributed by atoms with Crippen LogP contribution in [0.4, 0.5) is 13.2 Å². The molecule has 0 aromatic heterocycles. The molecule has 3 aromatic rings. The number of alkyl halides is 3. The molecule has 0 heterocycles. The molecule has 0 spiro atoms. The Hall–Kier alpha value is -2.37. The molecule has 3 N–H and O–H groups in total. The molecule has 26 heavy (non-hydrogen) atoms. The lowest BCUT2D eigenvalue weighted by Gasteiger charge is -2.18. The van der Waals surface area contributed by atoms with Crippen molar-refractivity contribution >= 4 is 10.8 Å². The third-order valence-corrected chi connectivity index (χ3v) is 4.46. The molecular weight excluding hydrogens is 337 g/mol. The lowest BCUT2D eigenvalue weighted by molar-refractivity contribution is -0.137. The highest BCUT2D eigenvalue weighted by Crippen LogP contribution is 2.29. The summed E-state index contributed by atoms with van der Waals surface area (Å²) in [4.78, 5) is 0. The predicted molar refractivity (Wildman–Crippen MR) is 98.8 cm³/mol. The standard InChI is InChI=1S/C21H21F3N2/c22-21(23,24)19-9-6-15(7-10-19)14-26-20(13-25)12-16-5-8-17-3-1-2-4-18(17)11-16/h1-11,20,26H,12-14,25H2. The minimum Gasteiger partial charge on any atom is -0.329 e. The number of benzene rings is 3. The third kappa shape index (κ3) is 4.62. The maximum absolute atomic E-state index is 12.6. The number of hydrogen-bond donors (Lipinski definition) is 2. The molecule has 1 unspecified atom stereocenters. The van der Waals surface area contributed by atoms with Gasteiger partial charge in [-0.15, -0.1) is 0 Å². The van der Waals surface area contributed by atoms with Gasteiger partial charge in [0, 0.05) is 19.1 Å². The summed E-state index contributed by atoms with van der Waals surface area (Å²) in [5.41, 5.74) is 7.22. The highest BCUT2D eigenvalue weighted by atomic mass is 19.4. The van der Waals surface area contributed by atoms with Crippen LogP contribution in [0.5, 0.6) is 0 Å². The maximum atomic E-state index is 12.6. The van der Waals surface area contributed by atoms with Gasteiger partial charge in [0.25, 0.3) is 0 Å². The van der Waals surface area contributed by atoms with Gasteiger partial charge in [0.15, 0.2) is 0 Å². The molecule has 3 rings (SSSR count). The normalized spacial score (nSPS) is 13.1. The van der Waals surface area contributed by atoms with Gasteiger partial charge < -0.3 is 11.1 Å². The van der Waals surface area contributed by atoms with Gasteiger partial charge in [0.1, 0.15) is 0 Å². The quantitative estimate of drug-likeness (QED) is 0.680. The molecule has 3 aromatic carbocycles. The molecule has 0 radical (unpaired) electrons. The third-order valence-electron chi connectivity index (χ3n) is 4.46. The SMILES string of the molecule is NCC(Cc1ccc2ccccc2c1)NCc1ccc(C(F)(F)F)cc1. The second-order valence-corrected chi connectivity index (χ2v) is 6.39. The largest absolute Gasteiger partial charge is 0.416 e. The number of nitrogens with one attached hydrogen (secondary N) is 1. The highest BCUT2D eigenvalue weighted by molar-refractivity contribution is 5.83. The summed E-state index contributed by atoms with van der Waals surface area (Å²) in [5.74, 6) is 0. The van der Waals surface area contributed by atoms with Gasteiger partial charge in [0.2, 0.25) is 0 Å². The molecule has 5 heteroatoms. The Morgan fingerprint density at radius 3 is 2.15 bits per heavy atom. The highest BCUT2D eigenvalue weighted by Gasteiger charge is 2.29. The van der Waals surface area contributed by atoms with E-state index < -0.39 is 11.7 Å². The van der Waals surface area contributed by atoms with Crippen molar-refractivity contribution in [1.29, 1.82) is 0 Å². The molecule has 2 nitrogen and oxygen atoms in total. The second kappa shape index (κ2) is 7.89. The Morgan fingerprint density at radius 1 is 0.846 bits per heavy atom. The van der Waals surface area contributed by atoms with E-state index in [0.29, 0.717) is 13.1 Å². The van der Waals surface area contributed by atoms with Crippen molar-refractivity contribution < 1.29 is 13.2 Å². The van der Waals surface area contributed by atoms with Crippen LogP contribution in [0, 0.1) is 0 Å². The van der Waals surface area contributed by atoms with Crippen molar-refractivity contribution in [1.82, 2.24) is 5.32 Å². The zero-order valence-corrected chi connectivity index (χ0v) is 14.3. The molecule has 0 bridgehead atoms. The smallest absolute Gasteiger partial charge is 0.329 e. The average molecular weight is 358 g/mol. The Kier molecular flexibility index (Phi) is 5.59. The summed E-state index contributed by atoms with van der Waals surface area (Å²) in [6.45, 7) is 0.932. The van der Waals surface area contributed by atoms with Gasteiger partial charge in [0.05, 0.1) is 5.56 Å². The van der Waals surface area contributed by atoms with Crippen molar-refractivity contribution in [2.45, 2.75) is 25.2 Å². The fourth-order valence-electron chi connectivity index (χ4n) is 2.96. The Morgan fingerprint density at radius 2 is 1.50 bits per heavy atom. The first-order chi connectivity index (χ1) is 12.5. The van der Waals surface area contributed by atoms with Crippen molar-refractivity contribution in [3.8, 4) is 0 Å². The predicted octanol–water partition coefficient (Wildman–Crippen LogP) is 4.52. The van der Waals surface area contributed by atoms with E-state index in [4.69, 9.17) is 5.73 Å². The molecule has 0 saturated carbocycles. The zero-order valence-electron chi connectivity index (χ0n) is 14.3. The Bertz CT molecular complexity index is 857. The van der Waals surface area contributed by atoms with E-state index >= 15 is 0 Å². The summed E-state index contributed by atoms with van der Waals surface area (Å²) in [5, 5.41) is 5.71. The van der Waals surface area contributed by atoms with E-state index in [1.165, 1.54) is 28.5 Å². The molecule has 1 atom stereocenters. The number of hydrogen-bond acceptors (Lipinski definition) is 2. The first-order valence-electron chi connectivity index (χ1n) is 8.53. The summed E-state index contributed by atoms with van der Waals surface area (Å²) in [7, 11) is 0. The minimum atomic E-state index is -4.30. The van der Waals surface area contributed by atoms with Crippen molar-refractivity contribution in [3.63, 3.8) is 0 Å². The number of fused-ring (bicyclic) bond motifs is 1. The fourth-order valence-corrected chi connectivity index (χ4v) is 2.96. The second-order valence-electron chi connectivity index (χ2n) is 6.39. The van der Waals surface area contributed by atoms with Gasteiger partial charge in [-0.3, -0.25) is 0 Å². The van der Waals surface area contributed by atoms with Crippen LogP contribution in [-0.2, 0) is 19.1 Å². The van der Waals surface area contributed by atoms with Crippen molar-refractivity contribution in [2.75, 3.05) is 6.54 Å². The van der Waals surface area contributed by atoms with Gasteiger partial charge in [-0.05, 0) is 40.5 Å². The van der Waals surface area contributed by atoms with Crippen LogP contribution in [0.25, 0.3) is 10.8 Å². The van der Waals surface area contributed by atoms with Crippen LogP contribution in [-0.4, -0.2) is 12.6 Å². The lowest BCUT2D eigenvalue weighted by atomic mass is 10.0. The lowest BCUT2D eigenvalue weighted by Crippen LogP contribution is -2.37. The topological polar surface area (TPSA) is 38.0 Å². The Labute approximate surface area is 150 Å². The van der Waals surface area contributed by atoms with Crippen LogP contribution >= 0.6 is 0 Å². The number of nitrogens with two attached hydrogens (primary N) is 1. The zero-order chi connectivity index (χ0) is 18.6. The minimum absolute atomic E-state index is 0.0541. The molecule has 136 valence electrons. The van der Waals surface area contributed by atoms with Crippen LogP contribution in [0.1, 0.15) is 16.7 Å². The monoisotopic (exact) mass is 358 g/mol. The maximum Gasteiger partial charge on any atom is 0.416 e. The van der Waals surface area contributed by atoms with E-state index in [2.05, 4.69) is 35.6 Å². The first kappa shape index (κ1) is 18.4. The van der Waals surface area contributed by atoms with Crippen LogP contribution in [0.15, 0.2) is 66.7 Å². The molecular formula is C21H21F3N2. The fraction of sp³-hybridized carbons (Fsp3) is 0.238. The van der Waals surface area contributed by atoms with E-state index in [-0.39, 0.29) is 6.04 Å². The van der Waals surface area contributed by atoms with Crippen LogP contribution in [0.3, 0.4) is 0 Å². The molecule has 0 fully saturated rings. The van der Waals surface area contributed by atoms with Gasteiger partial charge in [-0.1, -0.05) is 54.6 Å². The molecule has 0 saturated heterocycles. The summed E-state index contributed by atoms with van der Waals surface area (Å²) in [6.07, 6.45) is -3.54. The van der Waals surface area contributed by atoms with Gasteiger partial charge in [-0.25, -0.2) is 0 Å².